The molecule has 1 unspecified atom stereocenters. The first kappa shape index (κ1) is 26.9. The summed E-state index contributed by atoms with van der Waals surface area (Å²) < 4.78 is 23.1. The number of anilines is 2. The number of hydrogen-bond donors (Lipinski definition) is 3. The summed E-state index contributed by atoms with van der Waals surface area (Å²) in [6.07, 6.45) is 0.377. The average molecular weight is 496 g/mol. The molecule has 34 heavy (non-hydrogen) atoms. The lowest BCUT2D eigenvalue weighted by Gasteiger charge is -2.45. The Kier molecular flexibility index (Phi) is 7.68. The fraction of sp³-hybridized carbons (Fsp3) is 0.680. The molecule has 0 bridgehead atoms. The van der Waals surface area contributed by atoms with Crippen LogP contribution >= 0.6 is 11.6 Å². The second kappa shape index (κ2) is 9.72. The normalized spacial score (nSPS) is 22.6. The molecule has 0 aliphatic carbocycles. The topological polar surface area (TPSA) is 84.2 Å². The Morgan fingerprint density at radius 2 is 1.97 bits per heavy atom. The molecule has 0 aromatic carbocycles. The standard InChI is InChI=1S/C25H39ClFN5O2/c1-15-13-25(9-10-28-15,22(33)34-24(6,7)8)14-18-21(27)17(26)12-19(29-18)30-20-11-16(2)32(31-20)23(3,4)5/h11-12,15,22,28,33H,9-10,13-14H2,1-8H3,(H,29,30,31)/t15-,22?,25-/m1/s1. The third kappa shape index (κ3) is 6.27. The molecule has 0 spiro atoms. The first-order chi connectivity index (χ1) is 15.6. The lowest BCUT2D eigenvalue weighted by molar-refractivity contribution is -0.232. The number of halogens is 2. The minimum Gasteiger partial charge on any atom is -0.367 e. The number of piperidine rings is 1. The highest BCUT2D eigenvalue weighted by Crippen LogP contribution is 2.41. The molecule has 3 atom stereocenters. The number of hydrogen-bond acceptors (Lipinski definition) is 6. The van der Waals surface area contributed by atoms with Gasteiger partial charge in [0.05, 0.1) is 21.9 Å². The first-order valence-electron chi connectivity index (χ1n) is 11.9. The Balaban J connectivity index is 1.94. The van der Waals surface area contributed by atoms with Gasteiger partial charge in [-0.25, -0.2) is 9.37 Å². The van der Waals surface area contributed by atoms with E-state index in [-0.39, 0.29) is 28.7 Å². The molecule has 1 aliphatic heterocycles. The molecule has 7 nitrogen and oxygen atoms in total. The average Bonchev–Trinajstić information content (AvgIpc) is 3.05. The number of pyridine rings is 1. The molecule has 0 radical (unpaired) electrons. The molecule has 3 rings (SSSR count). The van der Waals surface area contributed by atoms with Crippen LogP contribution in [0.5, 0.6) is 0 Å². The van der Waals surface area contributed by atoms with Crippen LogP contribution in [-0.2, 0) is 16.7 Å². The summed E-state index contributed by atoms with van der Waals surface area (Å²) in [6.45, 7) is 16.7. The van der Waals surface area contributed by atoms with Gasteiger partial charge >= 0.3 is 0 Å². The second-order valence-corrected chi connectivity index (χ2v) is 12.0. The quantitative estimate of drug-likeness (QED) is 0.471. The highest BCUT2D eigenvalue weighted by molar-refractivity contribution is 6.31. The van der Waals surface area contributed by atoms with Crippen molar-refractivity contribution < 1.29 is 14.2 Å². The molecule has 0 amide bonds. The largest absolute Gasteiger partial charge is 0.367 e. The fourth-order valence-corrected chi connectivity index (χ4v) is 4.90. The molecule has 1 aliphatic rings. The SMILES string of the molecule is Cc1cc(Nc2cc(Cl)c(F)c(C[C@@]3(C(O)OC(C)(C)C)CCN[C@H](C)C3)n2)nn1C(C)(C)C. The first-order valence-corrected chi connectivity index (χ1v) is 12.3. The van der Waals surface area contributed by atoms with Crippen LogP contribution in [0.2, 0.25) is 5.02 Å². The van der Waals surface area contributed by atoms with Crippen LogP contribution in [0.1, 0.15) is 72.7 Å². The Morgan fingerprint density at radius 1 is 1.29 bits per heavy atom. The zero-order valence-electron chi connectivity index (χ0n) is 21.6. The van der Waals surface area contributed by atoms with E-state index in [1.165, 1.54) is 6.07 Å². The van der Waals surface area contributed by atoms with E-state index in [2.05, 4.69) is 48.4 Å². The summed E-state index contributed by atoms with van der Waals surface area (Å²) in [7, 11) is 0. The summed E-state index contributed by atoms with van der Waals surface area (Å²) in [4.78, 5) is 4.57. The summed E-state index contributed by atoms with van der Waals surface area (Å²) in [5, 5.41) is 22.3. The Hall–Kier alpha value is -1.74. The molecule has 0 saturated carbocycles. The van der Waals surface area contributed by atoms with Gasteiger partial charge in [-0.2, -0.15) is 5.10 Å². The predicted molar refractivity (Wildman–Crippen MR) is 134 cm³/mol. The maximum atomic E-state index is 15.2. The van der Waals surface area contributed by atoms with Crippen LogP contribution in [0, 0.1) is 18.2 Å². The van der Waals surface area contributed by atoms with Crippen LogP contribution < -0.4 is 10.6 Å². The van der Waals surface area contributed by atoms with Crippen molar-refractivity contribution in [3.05, 3.63) is 34.4 Å². The van der Waals surface area contributed by atoms with E-state index in [4.69, 9.17) is 16.3 Å². The van der Waals surface area contributed by atoms with Crippen molar-refractivity contribution in [2.24, 2.45) is 5.41 Å². The van der Waals surface area contributed by atoms with Crippen molar-refractivity contribution in [2.75, 3.05) is 11.9 Å². The fourth-order valence-electron chi connectivity index (χ4n) is 4.69. The minimum atomic E-state index is -1.07. The lowest BCUT2D eigenvalue weighted by Crippen LogP contribution is -2.52. The van der Waals surface area contributed by atoms with Gasteiger partial charge in [-0.3, -0.25) is 4.68 Å². The third-order valence-electron chi connectivity index (χ3n) is 6.10. The van der Waals surface area contributed by atoms with E-state index in [0.717, 1.165) is 5.69 Å². The molecule has 1 fully saturated rings. The number of rotatable bonds is 6. The van der Waals surface area contributed by atoms with E-state index >= 15 is 4.39 Å². The maximum absolute atomic E-state index is 15.2. The van der Waals surface area contributed by atoms with Crippen LogP contribution in [0.15, 0.2) is 12.1 Å². The van der Waals surface area contributed by atoms with Crippen molar-refractivity contribution in [2.45, 2.75) is 98.1 Å². The van der Waals surface area contributed by atoms with Crippen LogP contribution in [0.3, 0.4) is 0 Å². The number of nitrogens with one attached hydrogen (secondary N) is 2. The Bertz CT molecular complexity index is 1010. The van der Waals surface area contributed by atoms with E-state index in [1.54, 1.807) is 0 Å². The van der Waals surface area contributed by atoms with E-state index in [0.29, 0.717) is 31.0 Å². The van der Waals surface area contributed by atoms with Gasteiger partial charge in [0.1, 0.15) is 5.82 Å². The van der Waals surface area contributed by atoms with E-state index in [1.807, 2.05) is 38.4 Å². The molecule has 1 saturated heterocycles. The van der Waals surface area contributed by atoms with Gasteiger partial charge in [0.15, 0.2) is 17.9 Å². The predicted octanol–water partition coefficient (Wildman–Crippen LogP) is 5.31. The zero-order valence-corrected chi connectivity index (χ0v) is 22.3. The summed E-state index contributed by atoms with van der Waals surface area (Å²) in [5.41, 5.74) is -0.221. The molecule has 3 heterocycles. The Morgan fingerprint density at radius 3 is 2.53 bits per heavy atom. The number of aromatic nitrogens is 3. The lowest BCUT2D eigenvalue weighted by atomic mass is 9.72. The van der Waals surface area contributed by atoms with Gasteiger partial charge in [-0.05, 0) is 74.8 Å². The second-order valence-electron chi connectivity index (χ2n) is 11.6. The monoisotopic (exact) mass is 495 g/mol. The van der Waals surface area contributed by atoms with E-state index in [9.17, 15) is 5.11 Å². The highest BCUT2D eigenvalue weighted by atomic mass is 35.5. The number of aliphatic hydroxyl groups is 1. The molecule has 2 aromatic heterocycles. The van der Waals surface area contributed by atoms with Gasteiger partial charge in [0.2, 0.25) is 0 Å². The molecule has 3 N–H and O–H groups in total. The van der Waals surface area contributed by atoms with Gasteiger partial charge < -0.3 is 20.5 Å². The van der Waals surface area contributed by atoms with Crippen LogP contribution in [-0.4, -0.2) is 44.3 Å². The molecule has 9 heteroatoms. The van der Waals surface area contributed by atoms with Crippen LogP contribution in [0.25, 0.3) is 0 Å². The summed E-state index contributed by atoms with van der Waals surface area (Å²) >= 11 is 6.29. The van der Waals surface area contributed by atoms with Gasteiger partial charge in [-0.15, -0.1) is 0 Å². The maximum Gasteiger partial charge on any atom is 0.163 e. The number of aliphatic hydroxyl groups excluding tert-OH is 1. The molecule has 190 valence electrons. The smallest absolute Gasteiger partial charge is 0.163 e. The zero-order chi connectivity index (χ0) is 25.5. The highest BCUT2D eigenvalue weighted by Gasteiger charge is 2.44. The van der Waals surface area contributed by atoms with Crippen LogP contribution in [0.4, 0.5) is 16.0 Å². The van der Waals surface area contributed by atoms with Crippen molar-refractivity contribution in [3.8, 4) is 0 Å². The summed E-state index contributed by atoms with van der Waals surface area (Å²) in [5.74, 6) is 0.440. The Labute approximate surface area is 207 Å². The van der Waals surface area contributed by atoms with Crippen molar-refractivity contribution >= 4 is 23.2 Å². The third-order valence-corrected chi connectivity index (χ3v) is 6.37. The van der Waals surface area contributed by atoms with E-state index < -0.39 is 23.1 Å². The van der Waals surface area contributed by atoms with Gasteiger partial charge in [0, 0.05) is 35.7 Å². The van der Waals surface area contributed by atoms with Crippen molar-refractivity contribution in [1.82, 2.24) is 20.1 Å². The summed E-state index contributed by atoms with van der Waals surface area (Å²) in [6, 6.07) is 3.53. The minimum absolute atomic E-state index is 0.0251. The van der Waals surface area contributed by atoms with Gasteiger partial charge in [0.25, 0.3) is 0 Å². The number of nitrogens with zero attached hydrogens (tertiary/aromatic N) is 3. The van der Waals surface area contributed by atoms with Crippen molar-refractivity contribution in [1.29, 1.82) is 0 Å². The number of aryl methyl sites for hydroxylation is 1. The molecule has 2 aromatic rings. The van der Waals surface area contributed by atoms with Gasteiger partial charge in [-0.1, -0.05) is 11.6 Å². The van der Waals surface area contributed by atoms with Crippen molar-refractivity contribution in [3.63, 3.8) is 0 Å². The molecular formula is C25H39ClFN5O2. The number of ether oxygens (including phenoxy) is 1. The molecular weight excluding hydrogens is 457 g/mol.